The van der Waals surface area contributed by atoms with Crippen molar-refractivity contribution in [3.8, 4) is 0 Å². The maximum atomic E-state index is 2.44. The van der Waals surface area contributed by atoms with Gasteiger partial charge in [0.1, 0.15) is 16.9 Å². The number of hydrogen-bond acceptors (Lipinski definition) is 0. The van der Waals surface area contributed by atoms with E-state index in [1.807, 2.05) is 0 Å². The summed E-state index contributed by atoms with van der Waals surface area (Å²) in [5.41, 5.74) is 3.47. The Kier molecular flexibility index (Phi) is 9.31. The predicted octanol–water partition coefficient (Wildman–Crippen LogP) is 5.42. The van der Waals surface area contributed by atoms with E-state index in [2.05, 4.69) is 182 Å². The third kappa shape index (κ3) is 6.66. The molecule has 6 aromatic carbocycles. The molecule has 200 valence electrons. The molecule has 0 N–H and O–H groups in total. The molecule has 0 atom stereocenters. The Labute approximate surface area is 251 Å². The van der Waals surface area contributed by atoms with Crippen LogP contribution in [0.25, 0.3) is 0 Å². The largest absolute Gasteiger partial charge is 0.133 e. The molecule has 0 aliphatic heterocycles. The monoisotopic (exact) mass is 594 g/mol. The topological polar surface area (TPSA) is 0 Å². The molecule has 0 aliphatic rings. The lowest BCUT2D eigenvalue weighted by molar-refractivity contribution is 1.13. The van der Waals surface area contributed by atoms with Crippen molar-refractivity contribution in [2.45, 2.75) is 5.54 Å². The van der Waals surface area contributed by atoms with Gasteiger partial charge < -0.3 is 0 Å². The summed E-state index contributed by atoms with van der Waals surface area (Å²) < 4.78 is 0. The summed E-state index contributed by atoms with van der Waals surface area (Å²) >= 11 is 0. The zero-order valence-corrected chi connectivity index (χ0v) is 27.8. The van der Waals surface area contributed by atoms with E-state index in [4.69, 9.17) is 0 Å². The van der Waals surface area contributed by atoms with Crippen molar-refractivity contribution in [1.29, 1.82) is 0 Å². The maximum Gasteiger partial charge on any atom is 0.120 e. The summed E-state index contributed by atoms with van der Waals surface area (Å²) in [6, 6.07) is 69.1. The first kappa shape index (κ1) is 27.6. The molecule has 0 nitrogen and oxygen atoms in total. The van der Waals surface area contributed by atoms with Gasteiger partial charge in [-0.05, 0) is 11.1 Å². The first-order valence-electron chi connectivity index (χ1n) is 14.4. The van der Waals surface area contributed by atoms with Crippen LogP contribution in [0.15, 0.2) is 182 Å². The summed E-state index contributed by atoms with van der Waals surface area (Å²) in [6.45, 7) is -0.263. The van der Waals surface area contributed by atoms with E-state index in [0.29, 0.717) is 5.54 Å². The zero-order valence-electron chi connectivity index (χ0n) is 23.2. The molecule has 0 radical (unpaired) electrons. The van der Waals surface area contributed by atoms with Crippen LogP contribution >= 0.6 is 6.57 Å². The second-order valence-electron chi connectivity index (χ2n) is 10.5. The molecule has 0 aromatic heterocycles. The summed E-state index contributed by atoms with van der Waals surface area (Å²) in [6.07, 6.45) is 0. The van der Waals surface area contributed by atoms with Crippen LogP contribution in [0, 0.1) is 0 Å². The van der Waals surface area contributed by atoms with Gasteiger partial charge in [-0.25, -0.2) is 0 Å². The molecule has 4 heteroatoms. The van der Waals surface area contributed by atoms with E-state index in [1.165, 1.54) is 11.1 Å². The second-order valence-corrected chi connectivity index (χ2v) is 33.5. The Bertz CT molecular complexity index is 1400. The fourth-order valence-corrected chi connectivity index (χ4v) is 48.2. The Morgan fingerprint density at radius 3 is 0.854 bits per heavy atom. The Morgan fingerprint density at radius 1 is 0.341 bits per heavy atom. The second kappa shape index (κ2) is 13.8. The van der Waals surface area contributed by atoms with Gasteiger partial charge in [0, 0.05) is 5.54 Å². The van der Waals surface area contributed by atoms with Crippen molar-refractivity contribution in [3.05, 3.63) is 193 Å². The lowest BCUT2D eigenvalue weighted by atomic mass is 10.0. The van der Waals surface area contributed by atoms with Gasteiger partial charge in [-0.3, -0.25) is 0 Å². The molecule has 6 rings (SSSR count). The molecule has 0 bridgehead atoms. The number of rotatable bonds is 10. The molecule has 0 fully saturated rings. The van der Waals surface area contributed by atoms with E-state index in [-0.39, 0.29) is 6.57 Å². The van der Waals surface area contributed by atoms with Crippen molar-refractivity contribution in [2.24, 2.45) is 0 Å². The van der Waals surface area contributed by atoms with Crippen molar-refractivity contribution < 1.29 is 0 Å². The molecule has 0 aliphatic carbocycles. The highest BCUT2D eigenvalue weighted by atomic mass is 31.8. The molecule has 0 heterocycles. The molecular weight excluding hydrogens is 560 g/mol. The van der Waals surface area contributed by atoms with Gasteiger partial charge in [-0.2, -0.15) is 0 Å². The van der Waals surface area contributed by atoms with Crippen LogP contribution in [0.4, 0.5) is 0 Å². The van der Waals surface area contributed by atoms with Gasteiger partial charge in [0.15, 0.2) is 0 Å². The Balaban J connectivity index is 1.59. The van der Waals surface area contributed by atoms with Crippen LogP contribution in [-0.2, 0) is 0 Å². The third-order valence-electron chi connectivity index (χ3n) is 7.92. The fourth-order valence-electron chi connectivity index (χ4n) is 6.04. The summed E-state index contributed by atoms with van der Waals surface area (Å²) in [5, 5.41) is 6.39. The van der Waals surface area contributed by atoms with Crippen molar-refractivity contribution in [2.75, 3.05) is 0 Å². The highest BCUT2D eigenvalue weighted by Gasteiger charge is 2.37. The lowest BCUT2D eigenvalue weighted by Gasteiger charge is -2.37. The minimum absolute atomic E-state index is 0.263. The summed E-state index contributed by atoms with van der Waals surface area (Å²) in [5.74, 6) is 0. The fraction of sp³-hybridized carbons (Fsp3) is 0.0270. The minimum atomic E-state index is -1.58. The molecule has 6 aromatic rings. The average molecular weight is 595 g/mol. The first-order valence-corrected chi connectivity index (χ1v) is 24.2. The standard InChI is InChI=1S/C37H35PSi3/c1-7-19-31(20-8-1)37(32-21-9-2-10-22-32)39-38(40(33-23-11-3-12-24-33)34-25-13-4-14-26-34)41(35-27-15-5-16-28-35)36-29-17-6-18-30-36/h1-30,37,40-41H,39H2. The highest BCUT2D eigenvalue weighted by molar-refractivity contribution is 8.32. The van der Waals surface area contributed by atoms with Crippen LogP contribution in [0.1, 0.15) is 16.7 Å². The Hall–Kier alpha value is -3.60. The molecule has 0 saturated carbocycles. The molecule has 41 heavy (non-hydrogen) atoms. The minimum Gasteiger partial charge on any atom is -0.133 e. The van der Waals surface area contributed by atoms with Crippen LogP contribution in [-0.4, -0.2) is 26.1 Å². The first-order chi connectivity index (χ1) is 20.4. The maximum absolute atomic E-state index is 2.44. The summed E-state index contributed by atoms with van der Waals surface area (Å²) in [7, 11) is -3.79. The molecule has 0 amide bonds. The number of hydrogen-bond donors (Lipinski definition) is 0. The van der Waals surface area contributed by atoms with Gasteiger partial charge in [-0.1, -0.05) is 203 Å². The smallest absolute Gasteiger partial charge is 0.120 e. The van der Waals surface area contributed by atoms with E-state index < -0.39 is 26.1 Å². The highest BCUT2D eigenvalue weighted by Crippen LogP contribution is 2.45. The average Bonchev–Trinajstić information content (AvgIpc) is 3.06. The van der Waals surface area contributed by atoms with Crippen LogP contribution in [0.3, 0.4) is 0 Å². The van der Waals surface area contributed by atoms with Gasteiger partial charge in [-0.15, -0.1) is 6.57 Å². The van der Waals surface area contributed by atoms with Gasteiger partial charge in [0.05, 0.1) is 9.19 Å². The SMILES string of the molecule is c1ccc(C([SiH2]P([SiH](c2ccccc2)c2ccccc2)[SiH](c2ccccc2)c2ccccc2)c2ccccc2)cc1. The zero-order chi connectivity index (χ0) is 27.7. The molecular formula is C37H35PSi3. The van der Waals surface area contributed by atoms with Gasteiger partial charge in [0.25, 0.3) is 0 Å². The van der Waals surface area contributed by atoms with Crippen molar-refractivity contribution in [3.63, 3.8) is 0 Å². The van der Waals surface area contributed by atoms with Crippen molar-refractivity contribution >= 4 is 53.4 Å². The quantitative estimate of drug-likeness (QED) is 0.147. The van der Waals surface area contributed by atoms with E-state index in [0.717, 1.165) is 0 Å². The Morgan fingerprint density at radius 2 is 0.585 bits per heavy atom. The van der Waals surface area contributed by atoms with E-state index in [9.17, 15) is 0 Å². The molecule has 0 saturated heterocycles. The van der Waals surface area contributed by atoms with E-state index in [1.54, 1.807) is 20.7 Å². The summed E-state index contributed by atoms with van der Waals surface area (Å²) in [4.78, 5) is 0. The molecule has 0 unspecified atom stereocenters. The number of benzene rings is 6. The van der Waals surface area contributed by atoms with E-state index >= 15 is 0 Å². The lowest BCUT2D eigenvalue weighted by Crippen LogP contribution is -2.52. The van der Waals surface area contributed by atoms with Crippen LogP contribution in [0.2, 0.25) is 0 Å². The van der Waals surface area contributed by atoms with Crippen molar-refractivity contribution in [1.82, 2.24) is 0 Å². The van der Waals surface area contributed by atoms with Crippen LogP contribution < -0.4 is 20.7 Å². The van der Waals surface area contributed by atoms with Gasteiger partial charge >= 0.3 is 0 Å². The molecule has 0 spiro atoms. The third-order valence-corrected chi connectivity index (χ3v) is 40.7. The normalized spacial score (nSPS) is 11.7. The predicted molar refractivity (Wildman–Crippen MR) is 189 cm³/mol. The van der Waals surface area contributed by atoms with Gasteiger partial charge in [0.2, 0.25) is 0 Å². The van der Waals surface area contributed by atoms with Crippen LogP contribution in [0.5, 0.6) is 0 Å².